The van der Waals surface area contributed by atoms with Crippen LogP contribution >= 0.6 is 11.6 Å². The van der Waals surface area contributed by atoms with Crippen LogP contribution in [0, 0.1) is 0 Å². The van der Waals surface area contributed by atoms with Crippen LogP contribution in [0.3, 0.4) is 0 Å². The lowest BCUT2D eigenvalue weighted by Gasteiger charge is -2.03. The Kier molecular flexibility index (Phi) is 3.98. The van der Waals surface area contributed by atoms with Gasteiger partial charge in [-0.25, -0.2) is 0 Å². The summed E-state index contributed by atoms with van der Waals surface area (Å²) in [7, 11) is 1.60. The van der Waals surface area contributed by atoms with Crippen LogP contribution in [0.2, 0.25) is 5.02 Å². The number of hydrogen-bond acceptors (Lipinski definition) is 2. The number of methoxy groups -OCH3 is 1. The van der Waals surface area contributed by atoms with Gasteiger partial charge in [0.05, 0.1) is 12.1 Å². The van der Waals surface area contributed by atoms with Gasteiger partial charge in [-0.3, -0.25) is 0 Å². The second-order valence-electron chi connectivity index (χ2n) is 3.11. The molecule has 1 rings (SSSR count). The maximum absolute atomic E-state index is 5.95. The molecule has 2 nitrogen and oxygen atoms in total. The topological polar surface area (TPSA) is 35.2 Å². The van der Waals surface area contributed by atoms with E-state index in [2.05, 4.69) is 0 Å². The van der Waals surface area contributed by atoms with E-state index in [9.17, 15) is 0 Å². The monoisotopic (exact) mass is 211 g/mol. The van der Waals surface area contributed by atoms with E-state index in [1.54, 1.807) is 7.11 Å². The van der Waals surface area contributed by atoms with Gasteiger partial charge < -0.3 is 10.5 Å². The van der Waals surface area contributed by atoms with Gasteiger partial charge in [-0.15, -0.1) is 0 Å². The van der Waals surface area contributed by atoms with Gasteiger partial charge in [0, 0.05) is 6.04 Å². The molecular weight excluding hydrogens is 198 g/mol. The van der Waals surface area contributed by atoms with Crippen molar-refractivity contribution in [3.05, 3.63) is 34.9 Å². The lowest BCUT2D eigenvalue weighted by atomic mass is 10.2. The Morgan fingerprint density at radius 2 is 2.21 bits per heavy atom. The molecule has 0 spiro atoms. The predicted molar refractivity (Wildman–Crippen MR) is 60.7 cm³/mol. The second-order valence-corrected chi connectivity index (χ2v) is 3.52. The molecule has 0 aliphatic heterocycles. The van der Waals surface area contributed by atoms with Crippen molar-refractivity contribution in [1.29, 1.82) is 0 Å². The van der Waals surface area contributed by atoms with E-state index in [1.807, 2.05) is 37.3 Å². The van der Waals surface area contributed by atoms with Crippen LogP contribution in [0.25, 0.3) is 6.08 Å². The van der Waals surface area contributed by atoms with Crippen LogP contribution in [-0.4, -0.2) is 13.2 Å². The maximum Gasteiger partial charge on any atom is 0.137 e. The second kappa shape index (κ2) is 5.03. The molecule has 1 aromatic carbocycles. The number of ether oxygens (including phenoxy) is 1. The van der Waals surface area contributed by atoms with Crippen molar-refractivity contribution in [3.8, 4) is 5.75 Å². The highest BCUT2D eigenvalue weighted by Crippen LogP contribution is 2.25. The van der Waals surface area contributed by atoms with Crippen molar-refractivity contribution >= 4 is 17.7 Å². The Morgan fingerprint density at radius 3 is 2.71 bits per heavy atom. The van der Waals surface area contributed by atoms with Gasteiger partial charge in [0.1, 0.15) is 5.75 Å². The Bertz CT molecular complexity index is 334. The molecule has 0 saturated carbocycles. The minimum absolute atomic E-state index is 0.0517. The SMILES string of the molecule is COc1ccc(/C=C/C(C)N)cc1Cl. The van der Waals surface area contributed by atoms with Crippen molar-refractivity contribution in [2.24, 2.45) is 5.73 Å². The molecule has 2 N–H and O–H groups in total. The van der Waals surface area contributed by atoms with E-state index >= 15 is 0 Å². The van der Waals surface area contributed by atoms with Crippen LogP contribution in [0.15, 0.2) is 24.3 Å². The molecular formula is C11H14ClNO. The molecule has 0 heterocycles. The number of rotatable bonds is 3. The molecule has 14 heavy (non-hydrogen) atoms. The molecule has 0 bridgehead atoms. The van der Waals surface area contributed by atoms with Crippen LogP contribution in [0.4, 0.5) is 0 Å². The summed E-state index contributed by atoms with van der Waals surface area (Å²) in [6.45, 7) is 1.92. The zero-order valence-corrected chi connectivity index (χ0v) is 9.08. The van der Waals surface area contributed by atoms with Gasteiger partial charge in [-0.1, -0.05) is 29.8 Å². The summed E-state index contributed by atoms with van der Waals surface area (Å²) in [5, 5.41) is 0.610. The average Bonchev–Trinajstić information content (AvgIpc) is 2.15. The third-order valence-electron chi connectivity index (χ3n) is 1.77. The van der Waals surface area contributed by atoms with Gasteiger partial charge in [-0.05, 0) is 24.6 Å². The summed E-state index contributed by atoms with van der Waals surface area (Å²) < 4.78 is 5.04. The number of benzene rings is 1. The smallest absolute Gasteiger partial charge is 0.137 e. The fourth-order valence-electron chi connectivity index (χ4n) is 1.05. The van der Waals surface area contributed by atoms with Gasteiger partial charge in [0.25, 0.3) is 0 Å². The highest BCUT2D eigenvalue weighted by atomic mass is 35.5. The molecule has 0 aliphatic carbocycles. The van der Waals surface area contributed by atoms with Crippen molar-refractivity contribution < 1.29 is 4.74 Å². The average molecular weight is 212 g/mol. The first-order chi connectivity index (χ1) is 6.63. The minimum atomic E-state index is 0.0517. The van der Waals surface area contributed by atoms with E-state index in [1.165, 1.54) is 0 Å². The highest BCUT2D eigenvalue weighted by Gasteiger charge is 1.99. The van der Waals surface area contributed by atoms with Gasteiger partial charge in [0.2, 0.25) is 0 Å². The number of nitrogens with two attached hydrogens (primary N) is 1. The first kappa shape index (κ1) is 11.1. The predicted octanol–water partition coefficient (Wildman–Crippen LogP) is 2.71. The largest absolute Gasteiger partial charge is 0.495 e. The van der Waals surface area contributed by atoms with E-state index in [-0.39, 0.29) is 6.04 Å². The molecule has 0 aliphatic rings. The zero-order valence-electron chi connectivity index (χ0n) is 8.33. The highest BCUT2D eigenvalue weighted by molar-refractivity contribution is 6.32. The van der Waals surface area contributed by atoms with Crippen molar-refractivity contribution in [2.75, 3.05) is 7.11 Å². The van der Waals surface area contributed by atoms with Crippen molar-refractivity contribution in [1.82, 2.24) is 0 Å². The Labute approximate surface area is 89.3 Å². The molecule has 1 unspecified atom stereocenters. The molecule has 1 atom stereocenters. The molecule has 1 aromatic rings. The standard InChI is InChI=1S/C11H14ClNO/c1-8(13)3-4-9-5-6-11(14-2)10(12)7-9/h3-8H,13H2,1-2H3/b4-3+. The first-order valence-electron chi connectivity index (χ1n) is 4.41. The van der Waals surface area contributed by atoms with E-state index in [0.29, 0.717) is 10.8 Å². The van der Waals surface area contributed by atoms with Gasteiger partial charge >= 0.3 is 0 Å². The molecule has 0 radical (unpaired) electrons. The fourth-order valence-corrected chi connectivity index (χ4v) is 1.32. The quantitative estimate of drug-likeness (QED) is 0.835. The van der Waals surface area contributed by atoms with E-state index < -0.39 is 0 Å². The van der Waals surface area contributed by atoms with Gasteiger partial charge in [-0.2, -0.15) is 0 Å². The van der Waals surface area contributed by atoms with Crippen LogP contribution < -0.4 is 10.5 Å². The summed E-state index contributed by atoms with van der Waals surface area (Å²) in [5.74, 6) is 0.685. The summed E-state index contributed by atoms with van der Waals surface area (Å²) in [5.41, 5.74) is 6.61. The summed E-state index contributed by atoms with van der Waals surface area (Å²) >= 11 is 5.95. The maximum atomic E-state index is 5.95. The summed E-state index contributed by atoms with van der Waals surface area (Å²) in [6, 6.07) is 5.67. The third-order valence-corrected chi connectivity index (χ3v) is 2.06. The summed E-state index contributed by atoms with van der Waals surface area (Å²) in [6.07, 6.45) is 3.86. The first-order valence-corrected chi connectivity index (χ1v) is 4.78. The Hall–Kier alpha value is -0.990. The zero-order chi connectivity index (χ0) is 10.6. The van der Waals surface area contributed by atoms with Crippen LogP contribution in [-0.2, 0) is 0 Å². The molecule has 3 heteroatoms. The Balaban J connectivity index is 2.86. The lowest BCUT2D eigenvalue weighted by Crippen LogP contribution is -2.09. The molecule has 0 aromatic heterocycles. The van der Waals surface area contributed by atoms with Crippen molar-refractivity contribution in [3.63, 3.8) is 0 Å². The van der Waals surface area contributed by atoms with E-state index in [4.69, 9.17) is 22.1 Å². The fraction of sp³-hybridized carbons (Fsp3) is 0.273. The van der Waals surface area contributed by atoms with Gasteiger partial charge in [0.15, 0.2) is 0 Å². The third kappa shape index (κ3) is 3.05. The molecule has 0 amide bonds. The molecule has 0 fully saturated rings. The van der Waals surface area contributed by atoms with Crippen molar-refractivity contribution in [2.45, 2.75) is 13.0 Å². The summed E-state index contributed by atoms with van der Waals surface area (Å²) in [4.78, 5) is 0. The van der Waals surface area contributed by atoms with E-state index in [0.717, 1.165) is 5.56 Å². The lowest BCUT2D eigenvalue weighted by molar-refractivity contribution is 0.415. The number of halogens is 1. The molecule has 0 saturated heterocycles. The normalized spacial score (nSPS) is 13.1. The Morgan fingerprint density at radius 1 is 1.50 bits per heavy atom. The van der Waals surface area contributed by atoms with Crippen LogP contribution in [0.1, 0.15) is 12.5 Å². The molecule has 76 valence electrons. The minimum Gasteiger partial charge on any atom is -0.495 e. The number of hydrogen-bond donors (Lipinski definition) is 1. The van der Waals surface area contributed by atoms with Crippen LogP contribution in [0.5, 0.6) is 5.75 Å².